The van der Waals surface area contributed by atoms with E-state index in [2.05, 4.69) is 15.3 Å². The maximum atomic E-state index is 13.3. The van der Waals surface area contributed by atoms with Gasteiger partial charge >= 0.3 is 12.0 Å². The lowest BCUT2D eigenvalue weighted by Gasteiger charge is -2.42. The first kappa shape index (κ1) is 25.9. The third-order valence-corrected chi connectivity index (χ3v) is 6.01. The highest BCUT2D eigenvalue weighted by Crippen LogP contribution is 2.27. The minimum Gasteiger partial charge on any atom is -0.477 e. The zero-order valence-corrected chi connectivity index (χ0v) is 21.3. The number of carbonyl (C=O) groups excluding carboxylic acids is 2. The summed E-state index contributed by atoms with van der Waals surface area (Å²) in [5.74, 6) is -0.472. The summed E-state index contributed by atoms with van der Waals surface area (Å²) < 4.78 is 5.73. The standard InChI is InChI=1S/C26H26ClN5O5/c1-15(2)32-24(33)13-22(31(26(32)36)14-17-7-9-18(27)10-8-17)30-21-12-11-20(16(3)28-21)37-23-6-4-5-19(29-23)25(34)35/h4-12,15,22H,13-14H2,1-3H3,(H,28,30)(H,34,35). The lowest BCUT2D eigenvalue weighted by Crippen LogP contribution is -2.60. The second kappa shape index (κ2) is 10.8. The maximum Gasteiger partial charge on any atom is 0.354 e. The Hall–Kier alpha value is -4.18. The average molecular weight is 524 g/mol. The molecule has 1 aromatic carbocycles. The zero-order chi connectivity index (χ0) is 26.7. The predicted molar refractivity (Wildman–Crippen MR) is 137 cm³/mol. The lowest BCUT2D eigenvalue weighted by atomic mass is 10.1. The number of nitrogens with zero attached hydrogens (tertiary/aromatic N) is 4. The predicted octanol–water partition coefficient (Wildman–Crippen LogP) is 4.93. The summed E-state index contributed by atoms with van der Waals surface area (Å²) in [5, 5.41) is 12.9. The van der Waals surface area contributed by atoms with Gasteiger partial charge in [-0.2, -0.15) is 0 Å². The molecule has 1 atom stereocenters. The van der Waals surface area contributed by atoms with Crippen LogP contribution < -0.4 is 10.1 Å². The van der Waals surface area contributed by atoms with Gasteiger partial charge in [-0.15, -0.1) is 0 Å². The van der Waals surface area contributed by atoms with E-state index >= 15 is 0 Å². The molecule has 0 radical (unpaired) electrons. The average Bonchev–Trinajstić information content (AvgIpc) is 2.84. The second-order valence-electron chi connectivity index (χ2n) is 8.81. The number of carboxylic acid groups (broad SMARTS) is 1. The molecular weight excluding hydrogens is 498 g/mol. The number of imide groups is 1. The van der Waals surface area contributed by atoms with E-state index in [9.17, 15) is 14.4 Å². The van der Waals surface area contributed by atoms with Crippen LogP contribution in [0.3, 0.4) is 0 Å². The fourth-order valence-electron chi connectivity index (χ4n) is 3.97. The Kier molecular flexibility index (Phi) is 7.58. The van der Waals surface area contributed by atoms with E-state index in [1.54, 1.807) is 56.0 Å². The van der Waals surface area contributed by atoms with Gasteiger partial charge in [-0.3, -0.25) is 14.6 Å². The SMILES string of the molecule is Cc1nc(NC2CC(=O)N(C(C)C)C(=O)N2Cc2ccc(Cl)cc2)ccc1Oc1cccc(C(=O)O)n1. The Morgan fingerprint density at radius 3 is 2.51 bits per heavy atom. The van der Waals surface area contributed by atoms with Crippen LogP contribution in [0.5, 0.6) is 11.6 Å². The van der Waals surface area contributed by atoms with Crippen LogP contribution in [-0.2, 0) is 11.3 Å². The van der Waals surface area contributed by atoms with E-state index in [1.807, 2.05) is 12.1 Å². The molecule has 3 heterocycles. The molecule has 0 saturated carbocycles. The van der Waals surface area contributed by atoms with Crippen LogP contribution in [0.1, 0.15) is 42.0 Å². The van der Waals surface area contributed by atoms with Gasteiger partial charge in [-0.1, -0.05) is 29.8 Å². The molecule has 1 fully saturated rings. The molecule has 2 N–H and O–H groups in total. The van der Waals surface area contributed by atoms with Crippen molar-refractivity contribution >= 4 is 35.3 Å². The number of rotatable bonds is 8. The number of hydrogen-bond acceptors (Lipinski definition) is 7. The minimum atomic E-state index is -1.16. The number of halogens is 1. The molecule has 11 heteroatoms. The molecule has 10 nitrogen and oxygen atoms in total. The number of hydrogen-bond donors (Lipinski definition) is 2. The molecule has 1 aliphatic heterocycles. The number of benzene rings is 1. The number of pyridine rings is 2. The molecule has 1 saturated heterocycles. The topological polar surface area (TPSA) is 125 Å². The number of carboxylic acids is 1. The largest absolute Gasteiger partial charge is 0.477 e. The van der Waals surface area contributed by atoms with E-state index in [0.29, 0.717) is 22.3 Å². The highest BCUT2D eigenvalue weighted by molar-refractivity contribution is 6.30. The summed E-state index contributed by atoms with van der Waals surface area (Å²) in [6, 6.07) is 14.3. The molecule has 0 aliphatic carbocycles. The minimum absolute atomic E-state index is 0.0718. The highest BCUT2D eigenvalue weighted by atomic mass is 35.5. The van der Waals surface area contributed by atoms with Gasteiger partial charge in [0.2, 0.25) is 11.8 Å². The van der Waals surface area contributed by atoms with E-state index in [4.69, 9.17) is 21.4 Å². The number of aryl methyl sites for hydroxylation is 1. The highest BCUT2D eigenvalue weighted by Gasteiger charge is 2.40. The van der Waals surface area contributed by atoms with Crippen LogP contribution in [0.2, 0.25) is 5.02 Å². The summed E-state index contributed by atoms with van der Waals surface area (Å²) in [7, 11) is 0. The van der Waals surface area contributed by atoms with Crippen LogP contribution >= 0.6 is 11.6 Å². The summed E-state index contributed by atoms with van der Waals surface area (Å²) in [5.41, 5.74) is 1.24. The molecule has 192 valence electrons. The maximum absolute atomic E-state index is 13.3. The van der Waals surface area contributed by atoms with Crippen LogP contribution in [0.15, 0.2) is 54.6 Å². The van der Waals surface area contributed by atoms with Gasteiger partial charge in [0, 0.05) is 23.7 Å². The van der Waals surface area contributed by atoms with Crippen molar-refractivity contribution < 1.29 is 24.2 Å². The van der Waals surface area contributed by atoms with Gasteiger partial charge in [0.15, 0.2) is 11.4 Å². The molecule has 4 rings (SSSR count). The van der Waals surface area contributed by atoms with Crippen molar-refractivity contribution in [2.45, 2.75) is 45.9 Å². The number of nitrogens with one attached hydrogen (secondary N) is 1. The molecule has 3 amide bonds. The summed E-state index contributed by atoms with van der Waals surface area (Å²) in [6.45, 7) is 5.60. The van der Waals surface area contributed by atoms with Crippen molar-refractivity contribution in [1.82, 2.24) is 19.8 Å². The Morgan fingerprint density at radius 2 is 1.86 bits per heavy atom. The Morgan fingerprint density at radius 1 is 1.14 bits per heavy atom. The van der Waals surface area contributed by atoms with Gasteiger partial charge in [-0.25, -0.2) is 19.6 Å². The number of ether oxygens (including phenoxy) is 1. The molecular formula is C26H26ClN5O5. The number of aromatic nitrogens is 2. The van der Waals surface area contributed by atoms with E-state index in [-0.39, 0.29) is 42.5 Å². The lowest BCUT2D eigenvalue weighted by molar-refractivity contribution is -0.133. The van der Waals surface area contributed by atoms with Crippen LogP contribution in [0.25, 0.3) is 0 Å². The third kappa shape index (κ3) is 5.97. The van der Waals surface area contributed by atoms with Crippen molar-refractivity contribution in [3.63, 3.8) is 0 Å². The fourth-order valence-corrected chi connectivity index (χ4v) is 4.09. The van der Waals surface area contributed by atoms with Crippen molar-refractivity contribution in [2.24, 2.45) is 0 Å². The van der Waals surface area contributed by atoms with Crippen molar-refractivity contribution in [3.8, 4) is 11.6 Å². The van der Waals surface area contributed by atoms with Gasteiger partial charge < -0.3 is 15.2 Å². The summed E-state index contributed by atoms with van der Waals surface area (Å²) in [4.78, 5) is 48.7. The van der Waals surface area contributed by atoms with Crippen LogP contribution in [0, 0.1) is 6.92 Å². The Labute approximate surface area is 218 Å². The summed E-state index contributed by atoms with van der Waals surface area (Å²) >= 11 is 6.01. The number of aromatic carboxylic acids is 1. The molecule has 37 heavy (non-hydrogen) atoms. The van der Waals surface area contributed by atoms with Crippen LogP contribution in [-0.4, -0.2) is 55.0 Å². The van der Waals surface area contributed by atoms with E-state index < -0.39 is 12.1 Å². The molecule has 1 aliphatic rings. The first-order valence-corrected chi connectivity index (χ1v) is 12.0. The molecule has 0 spiro atoms. The Balaban J connectivity index is 1.55. The zero-order valence-electron chi connectivity index (χ0n) is 20.5. The molecule has 0 bridgehead atoms. The molecule has 1 unspecified atom stereocenters. The van der Waals surface area contributed by atoms with Gasteiger partial charge in [0.25, 0.3) is 0 Å². The fraction of sp³-hybridized carbons (Fsp3) is 0.269. The number of urea groups is 1. The first-order valence-electron chi connectivity index (χ1n) is 11.6. The first-order chi connectivity index (χ1) is 17.6. The quantitative estimate of drug-likeness (QED) is 0.426. The van der Waals surface area contributed by atoms with E-state index in [1.165, 1.54) is 17.0 Å². The van der Waals surface area contributed by atoms with Crippen molar-refractivity contribution in [3.05, 3.63) is 76.6 Å². The number of anilines is 1. The smallest absolute Gasteiger partial charge is 0.354 e. The van der Waals surface area contributed by atoms with E-state index in [0.717, 1.165) is 5.56 Å². The normalized spacial score (nSPS) is 15.8. The second-order valence-corrected chi connectivity index (χ2v) is 9.24. The van der Waals surface area contributed by atoms with Crippen molar-refractivity contribution in [1.29, 1.82) is 0 Å². The Bertz CT molecular complexity index is 1330. The van der Waals surface area contributed by atoms with Gasteiger partial charge in [-0.05, 0) is 56.7 Å². The van der Waals surface area contributed by atoms with Crippen molar-refractivity contribution in [2.75, 3.05) is 5.32 Å². The molecule has 2 aromatic heterocycles. The van der Waals surface area contributed by atoms with Crippen LogP contribution in [0.4, 0.5) is 10.6 Å². The van der Waals surface area contributed by atoms with Gasteiger partial charge in [0.1, 0.15) is 12.0 Å². The third-order valence-electron chi connectivity index (χ3n) is 5.76. The number of carbonyl (C=O) groups is 3. The monoisotopic (exact) mass is 523 g/mol. The van der Waals surface area contributed by atoms with Gasteiger partial charge in [0.05, 0.1) is 12.1 Å². The molecule has 3 aromatic rings. The number of amides is 3. The summed E-state index contributed by atoms with van der Waals surface area (Å²) in [6.07, 6.45) is -0.555.